The summed E-state index contributed by atoms with van der Waals surface area (Å²) in [5, 5.41) is 53.2. The fourth-order valence-corrected chi connectivity index (χ4v) is 6.97. The van der Waals surface area contributed by atoms with Crippen molar-refractivity contribution in [2.75, 3.05) is 32.0 Å². The summed E-state index contributed by atoms with van der Waals surface area (Å²) in [5.74, 6) is 0.449. The number of halogens is 1. The van der Waals surface area contributed by atoms with Crippen molar-refractivity contribution in [2.45, 2.75) is 99.5 Å². The predicted octanol–water partition coefficient (Wildman–Crippen LogP) is 3.87. The average molecular weight is 772 g/mol. The van der Waals surface area contributed by atoms with Gasteiger partial charge in [0, 0.05) is 65.6 Å². The molecular formula is C39H50ClN3O9S. The van der Waals surface area contributed by atoms with E-state index < -0.39 is 43.0 Å². The fourth-order valence-electron chi connectivity index (χ4n) is 5.87. The average Bonchev–Trinajstić information content (AvgIpc) is 4.11. The SMILES string of the molecule is CC(=O)NCCCCN(CCCSc1ccc(Cl)c(C(OC2CC2)c2cnccc2-c2ccccc2OC2CC2)c1)C(=O)[C@@H](O)[C@@H](O)[C@H](O)[C@@H](O)CO. The lowest BCUT2D eigenvalue weighted by Gasteiger charge is -2.30. The molecular weight excluding hydrogens is 722 g/mol. The summed E-state index contributed by atoms with van der Waals surface area (Å²) >= 11 is 8.46. The molecule has 1 heterocycles. The summed E-state index contributed by atoms with van der Waals surface area (Å²) in [7, 11) is 0. The number of hydrogen-bond donors (Lipinski definition) is 6. The van der Waals surface area contributed by atoms with Gasteiger partial charge < -0.3 is 45.2 Å². The summed E-state index contributed by atoms with van der Waals surface area (Å²) in [6, 6.07) is 15.8. The van der Waals surface area contributed by atoms with Gasteiger partial charge in [-0.25, -0.2) is 0 Å². The van der Waals surface area contributed by atoms with Crippen molar-refractivity contribution in [3.63, 3.8) is 0 Å². The second kappa shape index (κ2) is 19.9. The normalized spacial score (nSPS) is 17.0. The van der Waals surface area contributed by atoms with Crippen molar-refractivity contribution >= 4 is 35.2 Å². The number of carbonyl (C=O) groups excluding carboxylic acids is 2. The van der Waals surface area contributed by atoms with Gasteiger partial charge in [0.15, 0.2) is 6.10 Å². The molecule has 2 aliphatic rings. The minimum absolute atomic E-state index is 0.113. The monoisotopic (exact) mass is 771 g/mol. The maximum Gasteiger partial charge on any atom is 0.254 e. The zero-order chi connectivity index (χ0) is 37.9. The molecule has 0 radical (unpaired) electrons. The molecule has 0 bridgehead atoms. The Kier molecular flexibility index (Phi) is 15.3. The molecule has 12 nitrogen and oxygen atoms in total. The van der Waals surface area contributed by atoms with Crippen LogP contribution in [0, 0.1) is 0 Å². The molecule has 14 heteroatoms. The van der Waals surface area contributed by atoms with Crippen molar-refractivity contribution in [3.05, 3.63) is 77.1 Å². The number of aliphatic hydroxyl groups excluding tert-OH is 5. The van der Waals surface area contributed by atoms with E-state index in [4.69, 9.17) is 26.2 Å². The van der Waals surface area contributed by atoms with Gasteiger partial charge in [-0.1, -0.05) is 29.8 Å². The third-order valence-electron chi connectivity index (χ3n) is 9.12. The molecule has 2 fully saturated rings. The van der Waals surface area contributed by atoms with Gasteiger partial charge in [-0.3, -0.25) is 14.6 Å². The Bertz CT molecular complexity index is 1660. The number of hydrogen-bond acceptors (Lipinski definition) is 11. The molecule has 6 N–H and O–H groups in total. The molecule has 2 saturated carbocycles. The number of rotatable bonds is 22. The summed E-state index contributed by atoms with van der Waals surface area (Å²) in [6.07, 6.45) is 1.46. The van der Waals surface area contributed by atoms with Crippen LogP contribution >= 0.6 is 23.4 Å². The molecule has 3 aromatic rings. The number of para-hydroxylation sites is 1. The number of unbranched alkanes of at least 4 members (excludes halogenated alkanes) is 1. The van der Waals surface area contributed by atoms with E-state index in [0.29, 0.717) is 36.6 Å². The Morgan fingerprint density at radius 3 is 2.40 bits per heavy atom. The molecule has 0 saturated heterocycles. The number of carbonyl (C=O) groups is 2. The summed E-state index contributed by atoms with van der Waals surface area (Å²) in [5.41, 5.74) is 3.63. The molecule has 2 aromatic carbocycles. The number of amides is 2. The molecule has 1 unspecified atom stereocenters. The molecule has 288 valence electrons. The van der Waals surface area contributed by atoms with Gasteiger partial charge in [0.1, 0.15) is 30.2 Å². The number of aliphatic hydroxyl groups is 5. The predicted molar refractivity (Wildman–Crippen MR) is 202 cm³/mol. The first-order valence-corrected chi connectivity index (χ1v) is 19.6. The van der Waals surface area contributed by atoms with E-state index in [1.54, 1.807) is 18.0 Å². The Morgan fingerprint density at radius 2 is 1.68 bits per heavy atom. The van der Waals surface area contributed by atoms with E-state index in [2.05, 4.69) is 16.4 Å². The third-order valence-corrected chi connectivity index (χ3v) is 10.5. The fraction of sp³-hybridized carbons (Fsp3) is 0.513. The summed E-state index contributed by atoms with van der Waals surface area (Å²) in [4.78, 5) is 31.4. The van der Waals surface area contributed by atoms with Crippen LogP contribution in [-0.2, 0) is 14.3 Å². The Morgan fingerprint density at radius 1 is 0.943 bits per heavy atom. The van der Waals surface area contributed by atoms with E-state index in [-0.39, 0.29) is 31.2 Å². The second-order valence-electron chi connectivity index (χ2n) is 13.6. The van der Waals surface area contributed by atoms with E-state index in [9.17, 15) is 30.0 Å². The molecule has 53 heavy (non-hydrogen) atoms. The first kappa shape index (κ1) is 40.9. The lowest BCUT2D eigenvalue weighted by Crippen LogP contribution is -2.53. The van der Waals surface area contributed by atoms with E-state index >= 15 is 0 Å². The van der Waals surface area contributed by atoms with Crippen molar-refractivity contribution in [1.82, 2.24) is 15.2 Å². The van der Waals surface area contributed by atoms with Crippen LogP contribution in [0.5, 0.6) is 5.75 Å². The standard InChI is InChI=1S/C39H50ClN3O9S/c1-24(45)42-16-4-5-18-43(39(50)37(49)36(48)35(47)33(46)23-44)19-6-20-53-27-13-14-32(40)30(21-27)38(52-26-11-12-26)31-22-41-17-15-28(31)29-7-2-3-8-34(29)51-25-9-10-25/h2-3,7-8,13-15,17,21-22,25-26,33,35-38,44,46-49H,4-6,9-12,16,18-20,23H2,1H3,(H,42,45)/t33-,35+,36-,37-,38?/m0/s1. The van der Waals surface area contributed by atoms with Crippen LogP contribution in [0.25, 0.3) is 11.1 Å². The molecule has 0 aliphatic heterocycles. The lowest BCUT2D eigenvalue weighted by atomic mass is 9.93. The highest BCUT2D eigenvalue weighted by molar-refractivity contribution is 7.99. The second-order valence-corrected chi connectivity index (χ2v) is 15.1. The molecule has 2 aliphatic carbocycles. The minimum Gasteiger partial charge on any atom is -0.490 e. The number of benzene rings is 2. The largest absolute Gasteiger partial charge is 0.490 e. The van der Waals surface area contributed by atoms with Gasteiger partial charge in [0.25, 0.3) is 5.91 Å². The molecule has 1 aromatic heterocycles. The first-order chi connectivity index (χ1) is 25.6. The van der Waals surface area contributed by atoms with Crippen LogP contribution < -0.4 is 10.1 Å². The van der Waals surface area contributed by atoms with Crippen LogP contribution in [0.4, 0.5) is 0 Å². The van der Waals surface area contributed by atoms with Crippen molar-refractivity contribution in [3.8, 4) is 16.9 Å². The van der Waals surface area contributed by atoms with Crippen LogP contribution in [-0.4, -0.2) is 116 Å². The summed E-state index contributed by atoms with van der Waals surface area (Å²) in [6.45, 7) is 1.47. The number of aromatic nitrogens is 1. The van der Waals surface area contributed by atoms with Gasteiger partial charge in [-0.2, -0.15) is 0 Å². The molecule has 2 amide bonds. The quantitative estimate of drug-likeness (QED) is 0.0645. The van der Waals surface area contributed by atoms with E-state index in [0.717, 1.165) is 58.6 Å². The maximum absolute atomic E-state index is 13.3. The number of pyridine rings is 1. The number of thioether (sulfide) groups is 1. The van der Waals surface area contributed by atoms with Crippen molar-refractivity contribution < 1.29 is 44.6 Å². The summed E-state index contributed by atoms with van der Waals surface area (Å²) < 4.78 is 12.9. The zero-order valence-electron chi connectivity index (χ0n) is 29.8. The Labute approximate surface area is 319 Å². The van der Waals surface area contributed by atoms with Crippen LogP contribution in [0.1, 0.15) is 69.1 Å². The van der Waals surface area contributed by atoms with Crippen LogP contribution in [0.2, 0.25) is 5.02 Å². The Balaban J connectivity index is 1.29. The van der Waals surface area contributed by atoms with Crippen molar-refractivity contribution in [1.29, 1.82) is 0 Å². The molecule has 0 spiro atoms. The van der Waals surface area contributed by atoms with Gasteiger partial charge in [-0.05, 0) is 86.6 Å². The smallest absolute Gasteiger partial charge is 0.254 e. The van der Waals surface area contributed by atoms with Crippen LogP contribution in [0.15, 0.2) is 65.8 Å². The lowest BCUT2D eigenvalue weighted by molar-refractivity contribution is -0.158. The minimum atomic E-state index is -2.01. The van der Waals surface area contributed by atoms with E-state index in [1.165, 1.54) is 11.8 Å². The highest BCUT2D eigenvalue weighted by atomic mass is 35.5. The molecule has 5 rings (SSSR count). The zero-order valence-corrected chi connectivity index (χ0v) is 31.4. The first-order valence-electron chi connectivity index (χ1n) is 18.2. The van der Waals surface area contributed by atoms with Gasteiger partial charge in [-0.15, -0.1) is 11.8 Å². The van der Waals surface area contributed by atoms with Crippen molar-refractivity contribution in [2.24, 2.45) is 0 Å². The van der Waals surface area contributed by atoms with Gasteiger partial charge >= 0.3 is 0 Å². The molecule has 5 atom stereocenters. The topological polar surface area (TPSA) is 182 Å². The third kappa shape index (κ3) is 11.9. The maximum atomic E-state index is 13.3. The number of nitrogens with one attached hydrogen (secondary N) is 1. The van der Waals surface area contributed by atoms with Crippen LogP contribution in [0.3, 0.4) is 0 Å². The van der Waals surface area contributed by atoms with Gasteiger partial charge in [0.2, 0.25) is 5.91 Å². The number of ether oxygens (including phenoxy) is 2. The van der Waals surface area contributed by atoms with Gasteiger partial charge in [0.05, 0.1) is 18.8 Å². The number of nitrogens with zero attached hydrogens (tertiary/aromatic N) is 2. The Hall–Kier alpha value is -3.27. The highest BCUT2D eigenvalue weighted by Crippen LogP contribution is 2.44. The van der Waals surface area contributed by atoms with E-state index in [1.807, 2.05) is 48.7 Å². The highest BCUT2D eigenvalue weighted by Gasteiger charge is 2.36.